The fourth-order valence-electron chi connectivity index (χ4n) is 3.26. The van der Waals surface area contributed by atoms with Gasteiger partial charge in [-0.3, -0.25) is 19.7 Å². The lowest BCUT2D eigenvalue weighted by Gasteiger charge is -2.26. The summed E-state index contributed by atoms with van der Waals surface area (Å²) in [5.41, 5.74) is 0.576. The zero-order valence-electron chi connectivity index (χ0n) is 18.3. The van der Waals surface area contributed by atoms with E-state index in [1.54, 1.807) is 42.5 Å². The van der Waals surface area contributed by atoms with Crippen LogP contribution < -0.4 is 20.3 Å². The topological polar surface area (TPSA) is 105 Å². The second-order valence-electron chi connectivity index (χ2n) is 7.44. The molecule has 8 nitrogen and oxygen atoms in total. The highest BCUT2D eigenvalue weighted by molar-refractivity contribution is 9.10. The van der Waals surface area contributed by atoms with Crippen molar-refractivity contribution in [1.29, 1.82) is 0 Å². The smallest absolute Gasteiger partial charge is 0.335 e. The first-order valence-electron chi connectivity index (χ1n) is 10.4. The van der Waals surface area contributed by atoms with Gasteiger partial charge in [0.1, 0.15) is 17.1 Å². The molecule has 0 spiro atoms. The average molecular weight is 617 g/mol. The van der Waals surface area contributed by atoms with E-state index in [4.69, 9.17) is 4.74 Å². The van der Waals surface area contributed by atoms with Crippen LogP contribution in [0.15, 0.2) is 81.2 Å². The molecule has 0 aliphatic carbocycles. The molecule has 1 heterocycles. The van der Waals surface area contributed by atoms with Crippen molar-refractivity contribution in [2.75, 3.05) is 16.8 Å². The number of hydrogen-bond acceptors (Lipinski definition) is 5. The lowest BCUT2D eigenvalue weighted by atomic mass is 10.1. The second kappa shape index (κ2) is 10.8. The van der Waals surface area contributed by atoms with E-state index < -0.39 is 29.6 Å². The van der Waals surface area contributed by atoms with E-state index in [9.17, 15) is 23.6 Å². The Morgan fingerprint density at radius 3 is 2.44 bits per heavy atom. The number of halogens is 3. The molecule has 5 amide bonds. The van der Waals surface area contributed by atoms with Gasteiger partial charge < -0.3 is 10.1 Å². The lowest BCUT2D eigenvalue weighted by molar-refractivity contribution is -0.122. The predicted molar refractivity (Wildman–Crippen MR) is 138 cm³/mol. The van der Waals surface area contributed by atoms with Crippen LogP contribution in [-0.2, 0) is 14.4 Å². The summed E-state index contributed by atoms with van der Waals surface area (Å²) in [5.74, 6) is -2.40. The molecule has 1 aliphatic rings. The quantitative estimate of drug-likeness (QED) is 0.298. The maximum Gasteiger partial charge on any atom is 0.335 e. The number of carbonyl (C=O) groups excluding carboxylic acids is 4. The molecule has 2 N–H and O–H groups in total. The molecule has 182 valence electrons. The van der Waals surface area contributed by atoms with Crippen LogP contribution in [-0.4, -0.2) is 30.4 Å². The number of imide groups is 2. The summed E-state index contributed by atoms with van der Waals surface area (Å²) in [5, 5.41) is 4.58. The summed E-state index contributed by atoms with van der Waals surface area (Å²) in [6, 6.07) is 16.1. The number of nitrogens with zero attached hydrogens (tertiary/aromatic N) is 1. The Kier molecular flexibility index (Phi) is 7.61. The van der Waals surface area contributed by atoms with Gasteiger partial charge in [-0.15, -0.1) is 0 Å². The van der Waals surface area contributed by atoms with E-state index >= 15 is 0 Å². The second-order valence-corrected chi connectivity index (χ2v) is 9.21. The summed E-state index contributed by atoms with van der Waals surface area (Å²) < 4.78 is 20.4. The van der Waals surface area contributed by atoms with E-state index in [1.165, 1.54) is 30.3 Å². The fraction of sp³-hybridized carbons (Fsp3) is 0.0400. The summed E-state index contributed by atoms with van der Waals surface area (Å²) in [6.45, 7) is -0.376. The lowest BCUT2D eigenvalue weighted by Crippen LogP contribution is -2.54. The maximum absolute atomic E-state index is 13.7. The van der Waals surface area contributed by atoms with Gasteiger partial charge in [-0.1, -0.05) is 34.1 Å². The van der Waals surface area contributed by atoms with Crippen molar-refractivity contribution in [1.82, 2.24) is 5.32 Å². The van der Waals surface area contributed by atoms with E-state index in [2.05, 4.69) is 42.5 Å². The third-order valence-corrected chi connectivity index (χ3v) is 6.11. The maximum atomic E-state index is 13.7. The molecule has 36 heavy (non-hydrogen) atoms. The van der Waals surface area contributed by atoms with Crippen LogP contribution in [0.25, 0.3) is 6.08 Å². The highest BCUT2D eigenvalue weighted by Crippen LogP contribution is 2.28. The minimum Gasteiger partial charge on any atom is -0.483 e. The van der Waals surface area contributed by atoms with E-state index in [1.807, 2.05) is 0 Å². The van der Waals surface area contributed by atoms with Crippen LogP contribution in [0.4, 0.5) is 20.6 Å². The number of nitrogens with one attached hydrogen (secondary N) is 2. The molecule has 11 heteroatoms. The normalized spacial score (nSPS) is 14.6. The zero-order chi connectivity index (χ0) is 25.8. The van der Waals surface area contributed by atoms with E-state index in [-0.39, 0.29) is 17.9 Å². The van der Waals surface area contributed by atoms with Gasteiger partial charge in [0.15, 0.2) is 6.61 Å². The molecular weight excluding hydrogens is 601 g/mol. The van der Waals surface area contributed by atoms with Crippen molar-refractivity contribution in [3.8, 4) is 5.75 Å². The number of ether oxygens (including phenoxy) is 1. The number of barbiturate groups is 1. The number of benzene rings is 3. The number of para-hydroxylation sites is 1. The summed E-state index contributed by atoms with van der Waals surface area (Å²) in [6.07, 6.45) is 1.34. The zero-order valence-corrected chi connectivity index (χ0v) is 21.4. The SMILES string of the molecule is O=C(COc1ccc(/C=C2\C(=O)NC(=O)N(c3ccc(Br)cc3)C2=O)cc1Br)Nc1ccccc1F. The Labute approximate surface area is 221 Å². The summed E-state index contributed by atoms with van der Waals surface area (Å²) in [7, 11) is 0. The van der Waals surface area contributed by atoms with Crippen molar-refractivity contribution in [2.24, 2.45) is 0 Å². The molecule has 3 aromatic rings. The average Bonchev–Trinajstić information content (AvgIpc) is 2.84. The third-order valence-electron chi connectivity index (χ3n) is 4.96. The van der Waals surface area contributed by atoms with E-state index in [0.29, 0.717) is 21.5 Å². The Morgan fingerprint density at radius 2 is 1.75 bits per heavy atom. The molecule has 0 saturated carbocycles. The fourth-order valence-corrected chi connectivity index (χ4v) is 4.04. The Morgan fingerprint density at radius 1 is 1.03 bits per heavy atom. The van der Waals surface area contributed by atoms with Crippen molar-refractivity contribution >= 4 is 73.1 Å². The number of anilines is 2. The van der Waals surface area contributed by atoms with Gasteiger partial charge in [0, 0.05) is 4.47 Å². The molecule has 0 bridgehead atoms. The minimum atomic E-state index is -0.844. The van der Waals surface area contributed by atoms with Crippen LogP contribution >= 0.6 is 31.9 Å². The van der Waals surface area contributed by atoms with Crippen molar-refractivity contribution in [3.63, 3.8) is 0 Å². The molecule has 1 fully saturated rings. The van der Waals surface area contributed by atoms with Gasteiger partial charge in [0.2, 0.25) is 0 Å². The number of urea groups is 1. The Hall–Kier alpha value is -3.83. The number of amides is 5. The third kappa shape index (κ3) is 5.69. The summed E-state index contributed by atoms with van der Waals surface area (Å²) in [4.78, 5) is 50.7. The minimum absolute atomic E-state index is 0.0400. The standard InChI is InChI=1S/C25H16Br2FN3O5/c26-15-6-8-16(9-7-15)31-24(34)17(23(33)30-25(31)35)11-14-5-10-21(18(27)12-14)36-13-22(32)29-20-4-2-1-3-19(20)28/h1-12H,13H2,(H,29,32)(H,30,33,35)/b17-11+. The molecule has 0 aromatic heterocycles. The highest BCUT2D eigenvalue weighted by Gasteiger charge is 2.36. The number of hydrogen-bond donors (Lipinski definition) is 2. The van der Waals surface area contributed by atoms with Gasteiger partial charge in [-0.2, -0.15) is 0 Å². The first-order valence-corrected chi connectivity index (χ1v) is 12.0. The molecule has 3 aromatic carbocycles. The molecular formula is C25H16Br2FN3O5. The van der Waals surface area contributed by atoms with Gasteiger partial charge in [-0.05, 0) is 76.1 Å². The number of carbonyl (C=O) groups is 4. The van der Waals surface area contributed by atoms with Gasteiger partial charge in [-0.25, -0.2) is 14.1 Å². The van der Waals surface area contributed by atoms with Crippen LogP contribution in [0.5, 0.6) is 5.75 Å². The summed E-state index contributed by atoms with van der Waals surface area (Å²) >= 11 is 6.63. The van der Waals surface area contributed by atoms with Gasteiger partial charge in [0.05, 0.1) is 15.8 Å². The first kappa shape index (κ1) is 25.3. The molecule has 0 radical (unpaired) electrons. The van der Waals surface area contributed by atoms with Crippen molar-refractivity contribution in [3.05, 3.63) is 92.6 Å². The van der Waals surface area contributed by atoms with Crippen LogP contribution in [0, 0.1) is 5.82 Å². The molecule has 0 unspecified atom stereocenters. The van der Waals surface area contributed by atoms with Crippen LogP contribution in [0.3, 0.4) is 0 Å². The first-order chi connectivity index (χ1) is 17.2. The van der Waals surface area contributed by atoms with Gasteiger partial charge in [0.25, 0.3) is 17.7 Å². The highest BCUT2D eigenvalue weighted by atomic mass is 79.9. The molecule has 4 rings (SSSR count). The van der Waals surface area contributed by atoms with Gasteiger partial charge >= 0.3 is 6.03 Å². The Balaban J connectivity index is 1.48. The van der Waals surface area contributed by atoms with Crippen LogP contribution in [0.1, 0.15) is 5.56 Å². The molecule has 0 atom stereocenters. The van der Waals surface area contributed by atoms with Crippen molar-refractivity contribution < 1.29 is 28.3 Å². The monoisotopic (exact) mass is 615 g/mol. The van der Waals surface area contributed by atoms with E-state index in [0.717, 1.165) is 9.37 Å². The molecule has 1 aliphatic heterocycles. The largest absolute Gasteiger partial charge is 0.483 e. The van der Waals surface area contributed by atoms with Crippen LogP contribution in [0.2, 0.25) is 0 Å². The Bertz CT molecular complexity index is 1410. The number of rotatable bonds is 6. The predicted octanol–water partition coefficient (Wildman–Crippen LogP) is 5.03. The van der Waals surface area contributed by atoms with Crippen molar-refractivity contribution in [2.45, 2.75) is 0 Å². The molecule has 1 saturated heterocycles.